The van der Waals surface area contributed by atoms with Gasteiger partial charge in [0.1, 0.15) is 0 Å². The highest BCUT2D eigenvalue weighted by Gasteiger charge is 2.32. The van der Waals surface area contributed by atoms with E-state index in [1.54, 1.807) is 25.2 Å². The summed E-state index contributed by atoms with van der Waals surface area (Å²) in [5.74, 6) is -0.249. The Hall–Kier alpha value is -3.07. The molecule has 0 aliphatic carbocycles. The molecule has 0 aromatic heterocycles. The third-order valence-corrected chi connectivity index (χ3v) is 6.05. The second-order valence-electron chi connectivity index (χ2n) is 6.36. The summed E-state index contributed by atoms with van der Waals surface area (Å²) in [7, 11) is -2.60. The first kappa shape index (κ1) is 18.3. The van der Waals surface area contributed by atoms with E-state index < -0.39 is 21.8 Å². The fourth-order valence-electron chi connectivity index (χ4n) is 3.31. The Morgan fingerprint density at radius 3 is 2.43 bits per heavy atom. The average molecular weight is 406 g/mol. The number of anilines is 2. The number of sulfonamides is 1. The zero-order valence-electron chi connectivity index (χ0n) is 14.4. The van der Waals surface area contributed by atoms with Crippen LogP contribution >= 0.6 is 0 Å². The quantitative estimate of drug-likeness (QED) is 0.707. The molecule has 4 rings (SSSR count). The Morgan fingerprint density at radius 1 is 1.00 bits per heavy atom. The summed E-state index contributed by atoms with van der Waals surface area (Å²) in [6.45, 7) is 0. The molecule has 1 heterocycles. The van der Waals surface area contributed by atoms with Crippen LogP contribution in [0.4, 0.5) is 24.5 Å². The van der Waals surface area contributed by atoms with Crippen molar-refractivity contribution < 1.29 is 26.4 Å². The molecule has 144 valence electrons. The van der Waals surface area contributed by atoms with E-state index in [1.807, 2.05) is 0 Å². The fourth-order valence-corrected chi connectivity index (χ4v) is 4.57. The molecule has 0 bridgehead atoms. The lowest BCUT2D eigenvalue weighted by molar-refractivity contribution is -0.137. The monoisotopic (exact) mass is 406 g/mol. The number of alkyl halides is 3. The molecule has 3 aromatic rings. The van der Waals surface area contributed by atoms with Gasteiger partial charge >= 0.3 is 6.18 Å². The van der Waals surface area contributed by atoms with Crippen molar-refractivity contribution in [2.24, 2.45) is 0 Å². The van der Waals surface area contributed by atoms with Gasteiger partial charge in [-0.05, 0) is 36.4 Å². The molecule has 0 saturated heterocycles. The van der Waals surface area contributed by atoms with Crippen LogP contribution in [0, 0.1) is 0 Å². The Labute approximate surface area is 158 Å². The van der Waals surface area contributed by atoms with Crippen LogP contribution in [0.3, 0.4) is 0 Å². The van der Waals surface area contributed by atoms with E-state index in [1.165, 1.54) is 23.1 Å². The Balaban J connectivity index is 1.82. The van der Waals surface area contributed by atoms with Crippen LogP contribution < -0.4 is 9.62 Å². The minimum absolute atomic E-state index is 0.117. The molecule has 1 N–H and O–H groups in total. The number of hydrogen-bond acceptors (Lipinski definition) is 3. The van der Waals surface area contributed by atoms with Gasteiger partial charge in [0.25, 0.3) is 15.9 Å². The van der Waals surface area contributed by atoms with E-state index in [4.69, 9.17) is 0 Å². The van der Waals surface area contributed by atoms with E-state index in [0.717, 1.165) is 18.2 Å². The van der Waals surface area contributed by atoms with Crippen molar-refractivity contribution in [3.05, 3.63) is 65.7 Å². The third kappa shape index (κ3) is 2.78. The second kappa shape index (κ2) is 5.96. The standard InChI is InChI=1S/C19H13F3N2O3S/c1-24-15-8-9-16(13-6-3-7-14(17(13)15)18(24)25)28(26,27)23-12-5-2-4-11(10-12)19(20,21)22/h2-10,23H,1H3. The largest absolute Gasteiger partial charge is 0.416 e. The fraction of sp³-hybridized carbons (Fsp3) is 0.105. The minimum Gasteiger partial charge on any atom is -0.311 e. The molecule has 0 unspecified atom stereocenters. The highest BCUT2D eigenvalue weighted by molar-refractivity contribution is 7.93. The predicted molar refractivity (Wildman–Crippen MR) is 98.9 cm³/mol. The number of benzene rings is 3. The van der Waals surface area contributed by atoms with Crippen LogP contribution in [-0.2, 0) is 16.2 Å². The van der Waals surface area contributed by atoms with Crippen molar-refractivity contribution in [3.63, 3.8) is 0 Å². The van der Waals surface area contributed by atoms with Crippen LogP contribution in [0.2, 0.25) is 0 Å². The first-order chi connectivity index (χ1) is 13.1. The zero-order valence-corrected chi connectivity index (χ0v) is 15.2. The molecule has 5 nitrogen and oxygen atoms in total. The summed E-state index contributed by atoms with van der Waals surface area (Å²) in [5, 5.41) is 0.828. The van der Waals surface area contributed by atoms with E-state index in [-0.39, 0.29) is 16.5 Å². The molecule has 0 radical (unpaired) electrons. The van der Waals surface area contributed by atoms with Gasteiger partial charge in [0.05, 0.1) is 16.1 Å². The maximum Gasteiger partial charge on any atom is 0.416 e. The van der Waals surface area contributed by atoms with Crippen molar-refractivity contribution in [2.45, 2.75) is 11.1 Å². The smallest absolute Gasteiger partial charge is 0.311 e. The summed E-state index contributed by atoms with van der Waals surface area (Å²) < 4.78 is 66.6. The normalized spacial score (nSPS) is 14.0. The number of hydrogen-bond donors (Lipinski definition) is 1. The van der Waals surface area contributed by atoms with Gasteiger partial charge < -0.3 is 4.90 Å². The number of nitrogens with zero attached hydrogens (tertiary/aromatic N) is 1. The Bertz CT molecular complexity index is 1240. The molecule has 0 saturated carbocycles. The number of carbonyl (C=O) groups excluding carboxylic acids is 1. The van der Waals surface area contributed by atoms with Crippen molar-refractivity contribution >= 4 is 38.1 Å². The predicted octanol–water partition coefficient (Wildman–Crippen LogP) is 4.25. The van der Waals surface area contributed by atoms with Gasteiger partial charge in [-0.2, -0.15) is 13.2 Å². The van der Waals surface area contributed by atoms with Crippen molar-refractivity contribution in [2.75, 3.05) is 16.7 Å². The molecule has 3 aromatic carbocycles. The summed E-state index contributed by atoms with van der Waals surface area (Å²) in [5.41, 5.74) is -0.202. The molecular formula is C19H13F3N2O3S. The average Bonchev–Trinajstić information content (AvgIpc) is 2.88. The molecule has 1 amide bonds. The number of halogens is 3. The van der Waals surface area contributed by atoms with E-state index in [0.29, 0.717) is 22.0 Å². The maximum absolute atomic E-state index is 12.9. The zero-order chi connectivity index (χ0) is 20.3. The highest BCUT2D eigenvalue weighted by atomic mass is 32.2. The molecule has 1 aliphatic rings. The number of nitrogens with one attached hydrogen (secondary N) is 1. The van der Waals surface area contributed by atoms with Crippen LogP contribution in [-0.4, -0.2) is 21.4 Å². The number of amides is 1. The molecule has 0 fully saturated rings. The summed E-state index contributed by atoms with van der Waals surface area (Å²) >= 11 is 0. The maximum atomic E-state index is 12.9. The lowest BCUT2D eigenvalue weighted by Gasteiger charge is -2.14. The number of carbonyl (C=O) groups is 1. The van der Waals surface area contributed by atoms with Crippen LogP contribution in [0.15, 0.2) is 59.5 Å². The lowest BCUT2D eigenvalue weighted by atomic mass is 10.1. The van der Waals surface area contributed by atoms with Crippen LogP contribution in [0.25, 0.3) is 10.8 Å². The summed E-state index contributed by atoms with van der Waals surface area (Å²) in [6.07, 6.45) is -4.59. The van der Waals surface area contributed by atoms with Gasteiger partial charge in [-0.3, -0.25) is 9.52 Å². The molecule has 9 heteroatoms. The first-order valence-corrected chi connectivity index (χ1v) is 9.62. The summed E-state index contributed by atoms with van der Waals surface area (Å²) in [4.78, 5) is 13.6. The van der Waals surface area contributed by atoms with E-state index in [2.05, 4.69) is 4.72 Å². The van der Waals surface area contributed by atoms with Gasteiger partial charge in [-0.1, -0.05) is 18.2 Å². The molecule has 1 aliphatic heterocycles. The van der Waals surface area contributed by atoms with Crippen LogP contribution in [0.1, 0.15) is 15.9 Å². The number of rotatable bonds is 3. The lowest BCUT2D eigenvalue weighted by Crippen LogP contribution is -2.20. The second-order valence-corrected chi connectivity index (χ2v) is 8.01. The third-order valence-electron chi connectivity index (χ3n) is 4.61. The van der Waals surface area contributed by atoms with Crippen molar-refractivity contribution in [1.29, 1.82) is 0 Å². The highest BCUT2D eigenvalue weighted by Crippen LogP contribution is 2.39. The summed E-state index contributed by atoms with van der Waals surface area (Å²) in [6, 6.07) is 11.6. The SMILES string of the molecule is CN1C(=O)c2cccc3c(S(=O)(=O)Nc4cccc(C(F)(F)F)c4)ccc1c23. The van der Waals surface area contributed by atoms with Crippen molar-refractivity contribution in [1.82, 2.24) is 0 Å². The first-order valence-electron chi connectivity index (χ1n) is 8.13. The Morgan fingerprint density at radius 2 is 1.71 bits per heavy atom. The van der Waals surface area contributed by atoms with Crippen molar-refractivity contribution in [3.8, 4) is 0 Å². The molecular weight excluding hydrogens is 393 g/mol. The molecule has 0 spiro atoms. The minimum atomic E-state index is -4.59. The van der Waals surface area contributed by atoms with Gasteiger partial charge in [-0.15, -0.1) is 0 Å². The van der Waals surface area contributed by atoms with E-state index >= 15 is 0 Å². The van der Waals surface area contributed by atoms with Gasteiger partial charge in [0.2, 0.25) is 0 Å². The van der Waals surface area contributed by atoms with Gasteiger partial charge in [0.15, 0.2) is 0 Å². The van der Waals surface area contributed by atoms with E-state index in [9.17, 15) is 26.4 Å². The topological polar surface area (TPSA) is 66.5 Å². The molecule has 28 heavy (non-hydrogen) atoms. The van der Waals surface area contributed by atoms with Gasteiger partial charge in [0, 0.05) is 29.1 Å². The molecule has 0 atom stereocenters. The Kier molecular flexibility index (Phi) is 3.90. The van der Waals surface area contributed by atoms with Crippen LogP contribution in [0.5, 0.6) is 0 Å². The van der Waals surface area contributed by atoms with Gasteiger partial charge in [-0.25, -0.2) is 8.42 Å².